The highest BCUT2D eigenvalue weighted by atomic mass is 19.1. The van der Waals surface area contributed by atoms with Gasteiger partial charge in [0, 0.05) is 43.4 Å². The Morgan fingerprint density at radius 1 is 1.12 bits per heavy atom. The van der Waals surface area contributed by atoms with E-state index in [0.29, 0.717) is 54.9 Å². The maximum atomic E-state index is 16.1. The quantitative estimate of drug-likeness (QED) is 0.235. The van der Waals surface area contributed by atoms with Crippen molar-refractivity contribution in [3.8, 4) is 11.4 Å². The highest BCUT2D eigenvalue weighted by Gasteiger charge is 2.32. The third-order valence-corrected chi connectivity index (χ3v) is 8.24. The van der Waals surface area contributed by atoms with Gasteiger partial charge in [-0.1, -0.05) is 33.3 Å². The summed E-state index contributed by atoms with van der Waals surface area (Å²) < 4.78 is 45.3. The molecule has 0 bridgehead atoms. The first-order valence-electron chi connectivity index (χ1n) is 16.1. The summed E-state index contributed by atoms with van der Waals surface area (Å²) in [7, 11) is 0. The smallest absolute Gasteiger partial charge is 0.355 e. The molecule has 1 aliphatic rings. The van der Waals surface area contributed by atoms with Crippen LogP contribution in [0, 0.1) is 11.6 Å². The van der Waals surface area contributed by atoms with Gasteiger partial charge >= 0.3 is 5.69 Å². The van der Waals surface area contributed by atoms with E-state index in [0.717, 1.165) is 16.7 Å². The highest BCUT2D eigenvalue weighted by molar-refractivity contribution is 5.96. The number of aromatic nitrogens is 4. The maximum Gasteiger partial charge on any atom is 0.355 e. The Morgan fingerprint density at radius 2 is 1.76 bits per heavy atom. The molecule has 50 heavy (non-hydrogen) atoms. The van der Waals surface area contributed by atoms with Crippen molar-refractivity contribution in [1.82, 2.24) is 24.4 Å². The number of carbonyl (C=O) groups excluding carboxylic acids is 2. The van der Waals surface area contributed by atoms with Crippen LogP contribution in [-0.2, 0) is 22.4 Å². The van der Waals surface area contributed by atoms with E-state index in [4.69, 9.17) is 5.73 Å². The minimum Gasteiger partial charge on any atom is -0.504 e. The zero-order chi connectivity index (χ0) is 36.9. The molecule has 12 nitrogen and oxygen atoms in total. The van der Waals surface area contributed by atoms with E-state index in [1.165, 1.54) is 24.2 Å². The van der Waals surface area contributed by atoms with Gasteiger partial charge in [0.2, 0.25) is 5.91 Å². The second kappa shape index (κ2) is 15.9. The number of rotatable bonds is 12. The third-order valence-electron chi connectivity index (χ3n) is 8.24. The number of nitrogen functional groups attached to an aromatic ring is 1. The number of aryl methyl sites for hydroxylation is 2. The number of piperazine rings is 1. The molecule has 3 heterocycles. The molecule has 4 N–H and O–H groups in total. The van der Waals surface area contributed by atoms with E-state index >= 15 is 4.39 Å². The number of nitrogens with two attached hydrogens (primary N) is 1. The minimum atomic E-state index is -2.21. The Hall–Kier alpha value is -5.31. The summed E-state index contributed by atoms with van der Waals surface area (Å²) in [6.45, 7) is 10.9. The number of benzene rings is 1. The molecule has 0 aliphatic carbocycles. The first-order valence-corrected chi connectivity index (χ1v) is 16.1. The van der Waals surface area contributed by atoms with Gasteiger partial charge in [-0.05, 0) is 50.5 Å². The Morgan fingerprint density at radius 3 is 2.34 bits per heavy atom. The normalized spacial score (nSPS) is 15.8. The van der Waals surface area contributed by atoms with Crippen LogP contribution in [0.2, 0.25) is 0 Å². The van der Waals surface area contributed by atoms with Crippen LogP contribution in [0.15, 0.2) is 47.8 Å². The number of halogens is 3. The van der Waals surface area contributed by atoms with Gasteiger partial charge in [-0.25, -0.2) is 32.5 Å². The van der Waals surface area contributed by atoms with Gasteiger partial charge in [0.1, 0.15) is 35.7 Å². The van der Waals surface area contributed by atoms with Crippen LogP contribution in [0.1, 0.15) is 63.1 Å². The molecule has 0 unspecified atom stereocenters. The Kier molecular flexibility index (Phi) is 12.0. The monoisotopic (exact) mass is 695 g/mol. The van der Waals surface area contributed by atoms with Crippen molar-refractivity contribution in [2.75, 3.05) is 30.3 Å². The second-order valence-corrected chi connectivity index (χ2v) is 12.0. The number of aliphatic hydroxyl groups is 1. The number of aromatic hydroxyl groups is 1. The number of ketones is 1. The fourth-order valence-corrected chi connectivity index (χ4v) is 5.77. The first-order chi connectivity index (χ1) is 23.7. The molecule has 2 atom stereocenters. The van der Waals surface area contributed by atoms with Crippen LogP contribution >= 0.6 is 0 Å². The van der Waals surface area contributed by atoms with Gasteiger partial charge in [-0.15, -0.1) is 0 Å². The molecule has 1 saturated heterocycles. The molecule has 3 aromatic rings. The summed E-state index contributed by atoms with van der Waals surface area (Å²) >= 11 is 0. The Bertz CT molecular complexity index is 1900. The molecule has 15 heteroatoms. The zero-order valence-corrected chi connectivity index (χ0v) is 28.3. The number of hydrogen-bond acceptors (Lipinski definition) is 10. The number of phenols is 1. The fraction of sp³-hybridized carbons (Fsp3) is 0.371. The lowest BCUT2D eigenvalue weighted by Gasteiger charge is -2.41. The van der Waals surface area contributed by atoms with E-state index in [9.17, 15) is 33.4 Å². The molecule has 1 aliphatic heterocycles. The van der Waals surface area contributed by atoms with E-state index < -0.39 is 58.1 Å². The number of carbonyl (C=O) groups is 2. The molecule has 0 radical (unpaired) electrons. The van der Waals surface area contributed by atoms with Crippen LogP contribution in [0.25, 0.3) is 17.3 Å². The van der Waals surface area contributed by atoms with Crippen molar-refractivity contribution < 1.29 is 33.0 Å². The number of nitrogens with zero attached hydrogens (tertiary/aromatic N) is 6. The average molecular weight is 696 g/mol. The van der Waals surface area contributed by atoms with Crippen molar-refractivity contribution in [3.63, 3.8) is 0 Å². The van der Waals surface area contributed by atoms with Crippen molar-refractivity contribution >= 4 is 35.0 Å². The van der Waals surface area contributed by atoms with E-state index in [1.807, 2.05) is 13.8 Å². The van der Waals surface area contributed by atoms with Crippen molar-refractivity contribution in [3.05, 3.63) is 87.7 Å². The molecule has 2 aromatic heterocycles. The lowest BCUT2D eigenvalue weighted by Crippen LogP contribution is -2.54. The predicted octanol–water partition coefficient (Wildman–Crippen LogP) is 4.06. The lowest BCUT2D eigenvalue weighted by molar-refractivity contribution is -0.127. The number of aliphatic hydroxyl groups excluding tert-OH is 1. The van der Waals surface area contributed by atoms with Gasteiger partial charge < -0.3 is 25.7 Å². The van der Waals surface area contributed by atoms with Crippen LogP contribution in [0.4, 0.5) is 24.8 Å². The topological polar surface area (TPSA) is 168 Å². The summed E-state index contributed by atoms with van der Waals surface area (Å²) in [5, 5.41) is 21.1. The predicted molar refractivity (Wildman–Crippen MR) is 183 cm³/mol. The molecular formula is C35H40F3N7O5. The van der Waals surface area contributed by atoms with E-state index in [-0.39, 0.29) is 42.6 Å². The molecule has 1 aromatic carbocycles. The standard InChI is InChI=1S/C35H40F3N7O5/c1-6-8-27-30(28(9-7-2)41-18-40-27)45-33(39)24(16-26(38)31(48)21(5)23-14-22(36)15-25(37)32(23)49)34(42-35(45)50)44-13-12-43(17-19(44)3)29(47)11-10-20(4)46/h10-11,14-16,18-19,31,48-49H,5-9,12-13,17,39H2,1-4H3/b11-10+,26-16+/t19-,31+/m0/s1. The van der Waals surface area contributed by atoms with Crippen LogP contribution in [0.3, 0.4) is 0 Å². The summed E-state index contributed by atoms with van der Waals surface area (Å²) in [6, 6.07) is 0.634. The SMILES string of the molecule is C=C(c1cc(F)cc(F)c1O)[C@@H](O)/C(F)=C\c1c(N2CCN(C(=O)/C=C/C(C)=O)C[C@@H]2C)nc(=O)n(-c2c(CCC)ncnc2CCC)c1N. The Labute approximate surface area is 287 Å². The molecule has 1 fully saturated rings. The van der Waals surface area contributed by atoms with Gasteiger partial charge in [-0.2, -0.15) is 4.98 Å². The number of hydrogen-bond donors (Lipinski definition) is 3. The van der Waals surface area contributed by atoms with E-state index in [1.54, 1.807) is 11.8 Å². The molecule has 266 valence electrons. The molecule has 1 amide bonds. The third kappa shape index (κ3) is 7.94. The van der Waals surface area contributed by atoms with Crippen molar-refractivity contribution in [1.29, 1.82) is 0 Å². The second-order valence-electron chi connectivity index (χ2n) is 12.0. The van der Waals surface area contributed by atoms with Gasteiger partial charge in [0.25, 0.3) is 0 Å². The van der Waals surface area contributed by atoms with Gasteiger partial charge in [0.05, 0.1) is 22.6 Å². The summed E-state index contributed by atoms with van der Waals surface area (Å²) in [6.07, 6.45) is 4.62. The van der Waals surface area contributed by atoms with Crippen LogP contribution in [0.5, 0.6) is 5.75 Å². The van der Waals surface area contributed by atoms with Crippen molar-refractivity contribution in [2.45, 2.75) is 65.5 Å². The highest BCUT2D eigenvalue weighted by Crippen LogP contribution is 2.35. The minimum absolute atomic E-state index is 0.0545. The average Bonchev–Trinajstić information content (AvgIpc) is 3.07. The number of amides is 1. The van der Waals surface area contributed by atoms with Crippen LogP contribution < -0.4 is 16.3 Å². The van der Waals surface area contributed by atoms with Crippen molar-refractivity contribution in [2.24, 2.45) is 0 Å². The first kappa shape index (κ1) is 37.5. The number of anilines is 2. The fourth-order valence-electron chi connectivity index (χ4n) is 5.77. The summed E-state index contributed by atoms with van der Waals surface area (Å²) in [5.41, 5.74) is 6.01. The lowest BCUT2D eigenvalue weighted by atomic mass is 9.99. The molecule has 0 saturated carbocycles. The molecule has 0 spiro atoms. The van der Waals surface area contributed by atoms with Gasteiger partial charge in [0.15, 0.2) is 17.3 Å². The Balaban J connectivity index is 1.90. The summed E-state index contributed by atoms with van der Waals surface area (Å²) in [4.78, 5) is 54.3. The molecular weight excluding hydrogens is 655 g/mol. The number of phenolic OH excluding ortho intramolecular Hbond substituents is 1. The van der Waals surface area contributed by atoms with Gasteiger partial charge in [-0.3, -0.25) is 9.59 Å². The molecule has 4 rings (SSSR count). The zero-order valence-electron chi connectivity index (χ0n) is 28.3. The van der Waals surface area contributed by atoms with Crippen LogP contribution in [-0.4, -0.2) is 78.1 Å². The maximum absolute atomic E-state index is 16.1. The summed E-state index contributed by atoms with van der Waals surface area (Å²) in [5.74, 6) is -5.74. The largest absolute Gasteiger partial charge is 0.504 e. The van der Waals surface area contributed by atoms with E-state index in [2.05, 4.69) is 21.5 Å². The number of allylic oxidation sites excluding steroid dienone is 1.